The van der Waals surface area contributed by atoms with E-state index in [2.05, 4.69) is 5.32 Å². The van der Waals surface area contributed by atoms with Crippen LogP contribution in [0.1, 0.15) is 27.9 Å². The van der Waals surface area contributed by atoms with E-state index in [1.54, 1.807) is 30.0 Å². The summed E-state index contributed by atoms with van der Waals surface area (Å²) < 4.78 is 0. The maximum atomic E-state index is 12.1. The molecule has 0 unspecified atom stereocenters. The minimum atomic E-state index is -1.00. The van der Waals surface area contributed by atoms with Crippen molar-refractivity contribution in [1.82, 2.24) is 5.32 Å². The molecule has 0 spiro atoms. The molecule has 2 N–H and O–H groups in total. The highest BCUT2D eigenvalue weighted by atomic mass is 32.2. The highest BCUT2D eigenvalue weighted by molar-refractivity contribution is 7.98. The highest BCUT2D eigenvalue weighted by Crippen LogP contribution is 2.15. The molecule has 1 rings (SSSR count). The van der Waals surface area contributed by atoms with Crippen LogP contribution >= 0.6 is 11.8 Å². The molecule has 0 fully saturated rings. The van der Waals surface area contributed by atoms with Gasteiger partial charge in [0.25, 0.3) is 5.91 Å². The number of hydrogen-bond donors (Lipinski definition) is 2. The number of carbonyl (C=O) groups excluding carboxylic acids is 1. The summed E-state index contributed by atoms with van der Waals surface area (Å²) in [6.45, 7) is 2.46. The maximum Gasteiger partial charge on any atom is 0.328 e. The first-order chi connectivity index (χ1) is 9.56. The Morgan fingerprint density at radius 3 is 2.80 bits per heavy atom. The van der Waals surface area contributed by atoms with Gasteiger partial charge in [-0.25, -0.2) is 4.79 Å². The van der Waals surface area contributed by atoms with Crippen molar-refractivity contribution in [3.63, 3.8) is 0 Å². The van der Waals surface area contributed by atoms with Crippen LogP contribution < -0.4 is 5.32 Å². The molecule has 1 aromatic carbocycles. The molecule has 0 saturated carbocycles. The summed E-state index contributed by atoms with van der Waals surface area (Å²) in [5, 5.41) is 11.5. The number of thioether (sulfide) groups is 1. The van der Waals surface area contributed by atoms with Crippen LogP contribution in [0.3, 0.4) is 0 Å². The number of nitrogens with one attached hydrogen (secondary N) is 1. The first-order valence-corrected chi connectivity index (χ1v) is 7.73. The monoisotopic (exact) mass is 293 g/mol. The second kappa shape index (κ2) is 8.43. The summed E-state index contributed by atoms with van der Waals surface area (Å²) in [5.41, 5.74) is 2.11. The van der Waals surface area contributed by atoms with E-state index in [4.69, 9.17) is 5.11 Å². The van der Waals surface area contributed by atoms with Gasteiger partial charge in [0.1, 0.15) is 0 Å². The van der Waals surface area contributed by atoms with Crippen molar-refractivity contribution in [2.45, 2.75) is 13.3 Å². The van der Waals surface area contributed by atoms with Gasteiger partial charge in [0.05, 0.1) is 0 Å². The molecule has 0 atom stereocenters. The van der Waals surface area contributed by atoms with Crippen LogP contribution in [0.25, 0.3) is 6.08 Å². The van der Waals surface area contributed by atoms with Crippen molar-refractivity contribution in [2.24, 2.45) is 0 Å². The van der Waals surface area contributed by atoms with Crippen LogP contribution in [-0.2, 0) is 4.79 Å². The summed E-state index contributed by atoms with van der Waals surface area (Å²) >= 11 is 1.75. The molecule has 0 aliphatic heterocycles. The van der Waals surface area contributed by atoms with E-state index in [-0.39, 0.29) is 5.91 Å². The van der Waals surface area contributed by atoms with Gasteiger partial charge in [-0.3, -0.25) is 4.79 Å². The van der Waals surface area contributed by atoms with Gasteiger partial charge in [0.2, 0.25) is 0 Å². The molecule has 0 heterocycles. The molecule has 0 radical (unpaired) electrons. The third-order valence-corrected chi connectivity index (χ3v) is 3.53. The SMILES string of the molecule is CSCCCNC(=O)c1cccc(C=CC(=O)O)c1C. The Labute approximate surface area is 123 Å². The molecule has 0 aliphatic rings. The van der Waals surface area contributed by atoms with Gasteiger partial charge in [-0.05, 0) is 48.6 Å². The molecular formula is C15H19NO3S. The fourth-order valence-electron chi connectivity index (χ4n) is 1.75. The number of carbonyl (C=O) groups is 2. The first-order valence-electron chi connectivity index (χ1n) is 6.34. The lowest BCUT2D eigenvalue weighted by molar-refractivity contribution is -0.131. The molecule has 0 bridgehead atoms. The summed E-state index contributed by atoms with van der Waals surface area (Å²) in [6.07, 6.45) is 5.54. The second-order valence-electron chi connectivity index (χ2n) is 4.29. The number of hydrogen-bond acceptors (Lipinski definition) is 3. The van der Waals surface area contributed by atoms with Gasteiger partial charge in [-0.15, -0.1) is 0 Å². The number of amides is 1. The summed E-state index contributed by atoms with van der Waals surface area (Å²) in [6, 6.07) is 5.29. The number of aliphatic carboxylic acids is 1. The van der Waals surface area contributed by atoms with Crippen LogP contribution in [0, 0.1) is 6.92 Å². The Bertz CT molecular complexity index is 512. The van der Waals surface area contributed by atoms with Crippen LogP contribution in [0.15, 0.2) is 24.3 Å². The third kappa shape index (κ3) is 5.09. The fourth-order valence-corrected chi connectivity index (χ4v) is 2.19. The molecule has 1 amide bonds. The third-order valence-electron chi connectivity index (χ3n) is 2.84. The van der Waals surface area contributed by atoms with Crippen molar-refractivity contribution in [1.29, 1.82) is 0 Å². The van der Waals surface area contributed by atoms with Crippen LogP contribution in [0.5, 0.6) is 0 Å². The lowest BCUT2D eigenvalue weighted by atomic mass is 10.0. The first kappa shape index (κ1) is 16.3. The molecule has 20 heavy (non-hydrogen) atoms. The van der Waals surface area contributed by atoms with Crippen LogP contribution in [-0.4, -0.2) is 35.5 Å². The Balaban J connectivity index is 2.77. The summed E-state index contributed by atoms with van der Waals surface area (Å²) in [4.78, 5) is 22.6. The lowest BCUT2D eigenvalue weighted by Crippen LogP contribution is -2.25. The van der Waals surface area contributed by atoms with Crippen molar-refractivity contribution < 1.29 is 14.7 Å². The van der Waals surface area contributed by atoms with Gasteiger partial charge in [0.15, 0.2) is 0 Å². The van der Waals surface area contributed by atoms with Crippen molar-refractivity contribution in [3.8, 4) is 0 Å². The average molecular weight is 293 g/mol. The Kier molecular flexibility index (Phi) is 6.87. The zero-order valence-corrected chi connectivity index (χ0v) is 12.5. The van der Waals surface area contributed by atoms with Crippen molar-refractivity contribution >= 4 is 29.7 Å². The molecular weight excluding hydrogens is 274 g/mol. The number of rotatable bonds is 7. The molecule has 0 saturated heterocycles. The van der Waals surface area contributed by atoms with Gasteiger partial charge in [0, 0.05) is 18.2 Å². The molecule has 1 aromatic rings. The van der Waals surface area contributed by atoms with E-state index in [1.807, 2.05) is 13.2 Å². The van der Waals surface area contributed by atoms with E-state index in [9.17, 15) is 9.59 Å². The Morgan fingerprint density at radius 1 is 1.40 bits per heavy atom. The van der Waals surface area contributed by atoms with Gasteiger partial charge >= 0.3 is 5.97 Å². The molecule has 108 valence electrons. The largest absolute Gasteiger partial charge is 0.478 e. The maximum absolute atomic E-state index is 12.1. The lowest BCUT2D eigenvalue weighted by Gasteiger charge is -2.09. The van der Waals surface area contributed by atoms with Crippen molar-refractivity contribution in [3.05, 3.63) is 41.0 Å². The summed E-state index contributed by atoms with van der Waals surface area (Å²) in [5.74, 6) is -0.105. The zero-order valence-electron chi connectivity index (χ0n) is 11.7. The van der Waals surface area contributed by atoms with Crippen molar-refractivity contribution in [2.75, 3.05) is 18.6 Å². The van der Waals surface area contributed by atoms with E-state index in [1.165, 1.54) is 6.08 Å². The minimum Gasteiger partial charge on any atom is -0.478 e. The normalized spacial score (nSPS) is 10.7. The number of carboxylic acid groups (broad SMARTS) is 1. The number of benzene rings is 1. The molecule has 0 aromatic heterocycles. The van der Waals surface area contributed by atoms with E-state index in [0.717, 1.165) is 29.4 Å². The number of carboxylic acids is 1. The standard InChI is InChI=1S/C15H19NO3S/c1-11-12(7-8-14(17)18)5-3-6-13(11)15(19)16-9-4-10-20-2/h3,5-8H,4,9-10H2,1-2H3,(H,16,19)(H,17,18). The quantitative estimate of drug-likeness (QED) is 0.599. The van der Waals surface area contributed by atoms with E-state index in [0.29, 0.717) is 12.1 Å². The molecule has 0 aliphatic carbocycles. The van der Waals surface area contributed by atoms with Gasteiger partial charge < -0.3 is 10.4 Å². The molecule has 5 heteroatoms. The Morgan fingerprint density at radius 2 is 2.15 bits per heavy atom. The van der Waals surface area contributed by atoms with Gasteiger partial charge in [-0.2, -0.15) is 11.8 Å². The van der Waals surface area contributed by atoms with E-state index >= 15 is 0 Å². The topological polar surface area (TPSA) is 66.4 Å². The Hall–Kier alpha value is -1.75. The average Bonchev–Trinajstić information content (AvgIpc) is 2.42. The van der Waals surface area contributed by atoms with Crippen LogP contribution in [0.4, 0.5) is 0 Å². The second-order valence-corrected chi connectivity index (χ2v) is 5.28. The highest BCUT2D eigenvalue weighted by Gasteiger charge is 2.10. The summed E-state index contributed by atoms with van der Waals surface area (Å²) in [7, 11) is 0. The van der Waals surface area contributed by atoms with Gasteiger partial charge in [-0.1, -0.05) is 12.1 Å². The van der Waals surface area contributed by atoms with E-state index < -0.39 is 5.97 Å². The minimum absolute atomic E-state index is 0.117. The molecule has 4 nitrogen and oxygen atoms in total. The predicted octanol–water partition coefficient (Wildman–Crippen LogP) is 2.58. The smallest absolute Gasteiger partial charge is 0.328 e. The fraction of sp³-hybridized carbons (Fsp3) is 0.333. The van der Waals surface area contributed by atoms with Crippen LogP contribution in [0.2, 0.25) is 0 Å². The predicted molar refractivity (Wildman–Crippen MR) is 83.2 cm³/mol. The zero-order chi connectivity index (χ0) is 15.0.